The molecule has 1 aliphatic carbocycles. The Labute approximate surface area is 102 Å². The minimum Gasteiger partial charge on any atom is -0.389 e. The van der Waals surface area contributed by atoms with Crippen molar-refractivity contribution in [2.45, 2.75) is 44.2 Å². The molecule has 2 nitrogen and oxygen atoms in total. The number of benzene rings is 1. The quantitative estimate of drug-likeness (QED) is 0.823. The lowest BCUT2D eigenvalue weighted by molar-refractivity contribution is -0.0328. The van der Waals surface area contributed by atoms with Crippen LogP contribution in [0.2, 0.25) is 0 Å². The standard InChI is InChI=1S/C14H20FNO/c1-11(16-10-14(17)7-4-8-14)9-12-5-2-3-6-13(12)15/h2-3,5-6,11,16-17H,4,7-10H2,1H3. The molecule has 0 amide bonds. The van der Waals surface area contributed by atoms with Gasteiger partial charge in [0.2, 0.25) is 0 Å². The van der Waals surface area contributed by atoms with Gasteiger partial charge in [-0.1, -0.05) is 18.2 Å². The summed E-state index contributed by atoms with van der Waals surface area (Å²) >= 11 is 0. The van der Waals surface area contributed by atoms with Gasteiger partial charge in [0.05, 0.1) is 5.60 Å². The van der Waals surface area contributed by atoms with E-state index in [0.717, 1.165) is 24.8 Å². The van der Waals surface area contributed by atoms with E-state index in [1.807, 2.05) is 19.1 Å². The summed E-state index contributed by atoms with van der Waals surface area (Å²) in [6, 6.07) is 7.03. The van der Waals surface area contributed by atoms with Crippen LogP contribution in [0, 0.1) is 5.82 Å². The Balaban J connectivity index is 1.81. The van der Waals surface area contributed by atoms with Gasteiger partial charge in [0.15, 0.2) is 0 Å². The first-order valence-electron chi connectivity index (χ1n) is 6.28. The molecule has 0 aromatic heterocycles. The maximum Gasteiger partial charge on any atom is 0.126 e. The van der Waals surface area contributed by atoms with Crippen LogP contribution >= 0.6 is 0 Å². The number of halogens is 1. The summed E-state index contributed by atoms with van der Waals surface area (Å²) < 4.78 is 13.4. The van der Waals surface area contributed by atoms with Crippen LogP contribution in [0.5, 0.6) is 0 Å². The van der Waals surface area contributed by atoms with E-state index in [-0.39, 0.29) is 11.9 Å². The summed E-state index contributed by atoms with van der Waals surface area (Å²) in [6.07, 6.45) is 3.53. The van der Waals surface area contributed by atoms with Gasteiger partial charge >= 0.3 is 0 Å². The zero-order valence-corrected chi connectivity index (χ0v) is 10.2. The Morgan fingerprint density at radius 3 is 2.71 bits per heavy atom. The lowest BCUT2D eigenvalue weighted by Crippen LogP contribution is -2.48. The predicted molar refractivity (Wildman–Crippen MR) is 66.4 cm³/mol. The average molecular weight is 237 g/mol. The van der Waals surface area contributed by atoms with Crippen LogP contribution in [-0.2, 0) is 6.42 Å². The van der Waals surface area contributed by atoms with Gasteiger partial charge in [0, 0.05) is 12.6 Å². The van der Waals surface area contributed by atoms with Crippen molar-refractivity contribution >= 4 is 0 Å². The van der Waals surface area contributed by atoms with E-state index in [1.54, 1.807) is 6.07 Å². The first kappa shape index (κ1) is 12.5. The molecule has 0 aliphatic heterocycles. The van der Waals surface area contributed by atoms with Gasteiger partial charge in [-0.25, -0.2) is 4.39 Å². The van der Waals surface area contributed by atoms with Gasteiger partial charge in [0.25, 0.3) is 0 Å². The van der Waals surface area contributed by atoms with Gasteiger partial charge in [-0.2, -0.15) is 0 Å². The van der Waals surface area contributed by atoms with Crippen LogP contribution in [0.1, 0.15) is 31.7 Å². The predicted octanol–water partition coefficient (Wildman–Crippen LogP) is 2.26. The highest BCUT2D eigenvalue weighted by Crippen LogP contribution is 2.30. The van der Waals surface area contributed by atoms with Crippen molar-refractivity contribution in [3.05, 3.63) is 35.6 Å². The molecule has 2 rings (SSSR count). The summed E-state index contributed by atoms with van der Waals surface area (Å²) in [5.74, 6) is -0.150. The summed E-state index contributed by atoms with van der Waals surface area (Å²) in [6.45, 7) is 2.64. The molecule has 1 fully saturated rings. The second kappa shape index (κ2) is 5.15. The summed E-state index contributed by atoms with van der Waals surface area (Å²) in [5.41, 5.74) is 0.219. The van der Waals surface area contributed by atoms with Gasteiger partial charge in [0.1, 0.15) is 5.82 Å². The van der Waals surface area contributed by atoms with E-state index in [1.165, 1.54) is 6.07 Å². The van der Waals surface area contributed by atoms with E-state index in [9.17, 15) is 9.50 Å². The second-order valence-corrected chi connectivity index (χ2v) is 5.16. The van der Waals surface area contributed by atoms with E-state index in [2.05, 4.69) is 5.32 Å². The van der Waals surface area contributed by atoms with Crippen LogP contribution < -0.4 is 5.32 Å². The lowest BCUT2D eigenvalue weighted by Gasteiger charge is -2.37. The maximum absolute atomic E-state index is 13.4. The van der Waals surface area contributed by atoms with E-state index >= 15 is 0 Å². The number of rotatable bonds is 5. The summed E-state index contributed by atoms with van der Waals surface area (Å²) in [7, 11) is 0. The van der Waals surface area contributed by atoms with Crippen LogP contribution in [-0.4, -0.2) is 23.3 Å². The van der Waals surface area contributed by atoms with Crippen molar-refractivity contribution < 1.29 is 9.50 Å². The zero-order valence-electron chi connectivity index (χ0n) is 10.2. The zero-order chi connectivity index (χ0) is 12.3. The third kappa shape index (κ3) is 3.27. The van der Waals surface area contributed by atoms with Crippen molar-refractivity contribution in [2.75, 3.05) is 6.54 Å². The van der Waals surface area contributed by atoms with Crippen molar-refractivity contribution in [3.63, 3.8) is 0 Å². The Morgan fingerprint density at radius 1 is 1.41 bits per heavy atom. The van der Waals surface area contributed by atoms with Gasteiger partial charge < -0.3 is 10.4 Å². The molecule has 2 N–H and O–H groups in total. The number of hydrogen-bond acceptors (Lipinski definition) is 2. The number of hydrogen-bond donors (Lipinski definition) is 2. The van der Waals surface area contributed by atoms with Crippen molar-refractivity contribution in [1.29, 1.82) is 0 Å². The van der Waals surface area contributed by atoms with Crippen LogP contribution in [0.15, 0.2) is 24.3 Å². The largest absolute Gasteiger partial charge is 0.389 e. The third-order valence-electron chi connectivity index (χ3n) is 3.55. The van der Waals surface area contributed by atoms with Crippen molar-refractivity contribution in [2.24, 2.45) is 0 Å². The van der Waals surface area contributed by atoms with Gasteiger partial charge in [-0.3, -0.25) is 0 Å². The molecule has 1 atom stereocenters. The summed E-state index contributed by atoms with van der Waals surface area (Å²) in [5, 5.41) is 13.2. The molecule has 1 aliphatic rings. The molecule has 0 saturated heterocycles. The Bertz CT molecular complexity index is 376. The highest BCUT2D eigenvalue weighted by Gasteiger charge is 2.34. The normalized spacial score (nSPS) is 19.7. The van der Waals surface area contributed by atoms with Crippen molar-refractivity contribution in [3.8, 4) is 0 Å². The maximum atomic E-state index is 13.4. The molecule has 0 spiro atoms. The highest BCUT2D eigenvalue weighted by atomic mass is 19.1. The molecule has 0 bridgehead atoms. The van der Waals surface area contributed by atoms with Crippen LogP contribution in [0.25, 0.3) is 0 Å². The minimum absolute atomic E-state index is 0.150. The fraction of sp³-hybridized carbons (Fsp3) is 0.571. The monoisotopic (exact) mass is 237 g/mol. The first-order valence-corrected chi connectivity index (χ1v) is 6.28. The van der Waals surface area contributed by atoms with E-state index in [0.29, 0.717) is 13.0 Å². The topological polar surface area (TPSA) is 32.3 Å². The first-order chi connectivity index (χ1) is 8.09. The molecular weight excluding hydrogens is 217 g/mol. The minimum atomic E-state index is -0.510. The van der Waals surface area contributed by atoms with Gasteiger partial charge in [-0.05, 0) is 44.2 Å². The molecule has 1 aromatic carbocycles. The molecule has 3 heteroatoms. The Hall–Kier alpha value is -0.930. The fourth-order valence-electron chi connectivity index (χ4n) is 2.19. The molecule has 0 heterocycles. The molecular formula is C14H20FNO. The van der Waals surface area contributed by atoms with E-state index in [4.69, 9.17) is 0 Å². The fourth-order valence-corrected chi connectivity index (χ4v) is 2.19. The average Bonchev–Trinajstić information content (AvgIpc) is 2.27. The van der Waals surface area contributed by atoms with Crippen LogP contribution in [0.3, 0.4) is 0 Å². The Morgan fingerprint density at radius 2 is 2.12 bits per heavy atom. The number of nitrogens with one attached hydrogen (secondary N) is 1. The molecule has 1 unspecified atom stereocenters. The SMILES string of the molecule is CC(Cc1ccccc1F)NCC1(O)CCC1. The molecule has 17 heavy (non-hydrogen) atoms. The molecule has 1 aromatic rings. The molecule has 1 saturated carbocycles. The Kier molecular flexibility index (Phi) is 3.79. The smallest absolute Gasteiger partial charge is 0.126 e. The van der Waals surface area contributed by atoms with Crippen LogP contribution in [0.4, 0.5) is 4.39 Å². The third-order valence-corrected chi connectivity index (χ3v) is 3.55. The summed E-state index contributed by atoms with van der Waals surface area (Å²) in [4.78, 5) is 0. The van der Waals surface area contributed by atoms with Gasteiger partial charge in [-0.15, -0.1) is 0 Å². The molecule has 0 radical (unpaired) electrons. The number of aliphatic hydroxyl groups is 1. The lowest BCUT2D eigenvalue weighted by atomic mass is 9.80. The molecule has 94 valence electrons. The second-order valence-electron chi connectivity index (χ2n) is 5.16. The highest BCUT2D eigenvalue weighted by molar-refractivity contribution is 5.18. The van der Waals surface area contributed by atoms with Crippen molar-refractivity contribution in [1.82, 2.24) is 5.32 Å². The van der Waals surface area contributed by atoms with E-state index < -0.39 is 5.60 Å².